The molecule has 1 N–H and O–H groups in total. The minimum atomic E-state index is -4.45. The zero-order valence-electron chi connectivity index (χ0n) is 14.0. The quantitative estimate of drug-likeness (QED) is 0.831. The highest BCUT2D eigenvalue weighted by Gasteiger charge is 2.48. The largest absolute Gasteiger partial charge is 0.416 e. The van der Waals surface area contributed by atoms with Gasteiger partial charge < -0.3 is 5.32 Å². The Morgan fingerprint density at radius 2 is 1.73 bits per heavy atom. The van der Waals surface area contributed by atoms with Crippen LogP contribution in [0.25, 0.3) is 0 Å². The molecule has 140 valence electrons. The number of nitrogens with one attached hydrogen (secondary N) is 1. The lowest BCUT2D eigenvalue weighted by molar-refractivity contribution is -0.143. The Hall–Kier alpha value is -2.38. The van der Waals surface area contributed by atoms with Gasteiger partial charge in [0.2, 0.25) is 17.7 Å². The van der Waals surface area contributed by atoms with Crippen LogP contribution in [-0.4, -0.2) is 29.2 Å². The molecule has 3 amide bonds. The Labute approximate surface area is 148 Å². The Morgan fingerprint density at radius 1 is 1.12 bits per heavy atom. The number of imide groups is 1. The third-order valence-electron chi connectivity index (χ3n) is 4.98. The molecule has 8 heteroatoms. The third kappa shape index (κ3) is 3.73. The van der Waals surface area contributed by atoms with Gasteiger partial charge in [-0.1, -0.05) is 25.0 Å². The van der Waals surface area contributed by atoms with Crippen LogP contribution in [0.15, 0.2) is 24.3 Å². The van der Waals surface area contributed by atoms with Crippen molar-refractivity contribution < 1.29 is 27.6 Å². The first-order chi connectivity index (χ1) is 12.3. The average Bonchev–Trinajstić information content (AvgIpc) is 2.85. The summed E-state index contributed by atoms with van der Waals surface area (Å²) in [5, 5.41) is 2.47. The minimum Gasteiger partial charge on any atom is -0.350 e. The number of halogens is 3. The molecule has 2 unspecified atom stereocenters. The zero-order valence-corrected chi connectivity index (χ0v) is 14.0. The lowest BCUT2D eigenvalue weighted by Gasteiger charge is -2.19. The first-order valence-corrected chi connectivity index (χ1v) is 8.55. The van der Waals surface area contributed by atoms with Crippen LogP contribution in [0.5, 0.6) is 0 Å². The van der Waals surface area contributed by atoms with Crippen molar-refractivity contribution in [1.82, 2.24) is 10.2 Å². The highest BCUT2D eigenvalue weighted by atomic mass is 19.4. The number of carbonyl (C=O) groups excluding carboxylic acids is 3. The van der Waals surface area contributed by atoms with Crippen molar-refractivity contribution in [3.63, 3.8) is 0 Å². The Morgan fingerprint density at radius 3 is 2.31 bits per heavy atom. The van der Waals surface area contributed by atoms with E-state index in [1.807, 2.05) is 0 Å². The number of rotatable bonds is 4. The van der Waals surface area contributed by atoms with E-state index < -0.39 is 17.6 Å². The summed E-state index contributed by atoms with van der Waals surface area (Å²) in [6.07, 6.45) is -1.33. The maximum atomic E-state index is 12.7. The van der Waals surface area contributed by atoms with Gasteiger partial charge in [0.05, 0.1) is 17.4 Å². The summed E-state index contributed by atoms with van der Waals surface area (Å²) in [6.45, 7) is -0.491. The second-order valence-corrected chi connectivity index (χ2v) is 6.73. The van der Waals surface area contributed by atoms with Crippen LogP contribution in [0, 0.1) is 11.8 Å². The monoisotopic (exact) mass is 368 g/mol. The molecule has 3 rings (SSSR count). The second kappa shape index (κ2) is 7.09. The minimum absolute atomic E-state index is 0.105. The molecule has 0 bridgehead atoms. The number of alkyl halides is 3. The number of benzene rings is 1. The first kappa shape index (κ1) is 18.4. The summed E-state index contributed by atoms with van der Waals surface area (Å²) in [4.78, 5) is 37.7. The van der Waals surface area contributed by atoms with Crippen molar-refractivity contribution in [3.05, 3.63) is 35.4 Å². The molecule has 1 aliphatic carbocycles. The highest BCUT2D eigenvalue weighted by molar-refractivity contribution is 6.07. The van der Waals surface area contributed by atoms with Gasteiger partial charge in [0.25, 0.3) is 0 Å². The number of likely N-dealkylation sites (tertiary alicyclic amines) is 1. The molecule has 26 heavy (non-hydrogen) atoms. The van der Waals surface area contributed by atoms with Gasteiger partial charge >= 0.3 is 6.18 Å². The number of nitrogens with zero attached hydrogens (tertiary/aromatic N) is 1. The normalized spacial score (nSPS) is 23.1. The van der Waals surface area contributed by atoms with Crippen LogP contribution in [0.1, 0.15) is 36.8 Å². The van der Waals surface area contributed by atoms with Gasteiger partial charge in [-0.3, -0.25) is 19.3 Å². The summed E-state index contributed by atoms with van der Waals surface area (Å²) in [6, 6.07) is 4.65. The van der Waals surface area contributed by atoms with Gasteiger partial charge in [0, 0.05) is 6.54 Å². The molecular formula is C18H19F3N2O3. The van der Waals surface area contributed by atoms with Crippen LogP contribution in [0.4, 0.5) is 13.2 Å². The van der Waals surface area contributed by atoms with Gasteiger partial charge in [0.1, 0.15) is 6.54 Å². The van der Waals surface area contributed by atoms with Crippen molar-refractivity contribution in [3.8, 4) is 0 Å². The van der Waals surface area contributed by atoms with Crippen molar-refractivity contribution >= 4 is 17.7 Å². The molecular weight excluding hydrogens is 349 g/mol. The number of fused-ring (bicyclic) bond motifs is 1. The second-order valence-electron chi connectivity index (χ2n) is 6.73. The van der Waals surface area contributed by atoms with E-state index in [4.69, 9.17) is 0 Å². The molecule has 1 aliphatic heterocycles. The number of hydrogen-bond donors (Lipinski definition) is 1. The van der Waals surface area contributed by atoms with Crippen molar-refractivity contribution in [2.45, 2.75) is 38.4 Å². The molecule has 0 spiro atoms. The SMILES string of the molecule is O=C(CN1C(=O)C2CCCCC2C1=O)NCc1cccc(C(F)(F)F)c1. The predicted molar refractivity (Wildman–Crippen MR) is 85.5 cm³/mol. The molecule has 1 saturated heterocycles. The molecule has 5 nitrogen and oxygen atoms in total. The summed E-state index contributed by atoms with van der Waals surface area (Å²) in [7, 11) is 0. The van der Waals surface area contributed by atoms with Gasteiger partial charge in [-0.15, -0.1) is 0 Å². The van der Waals surface area contributed by atoms with Gasteiger partial charge in [-0.2, -0.15) is 13.2 Å². The Balaban J connectivity index is 1.58. The highest BCUT2D eigenvalue weighted by Crippen LogP contribution is 2.37. The van der Waals surface area contributed by atoms with E-state index in [9.17, 15) is 27.6 Å². The maximum Gasteiger partial charge on any atom is 0.416 e. The van der Waals surface area contributed by atoms with Crippen LogP contribution < -0.4 is 5.32 Å². The van der Waals surface area contributed by atoms with Crippen molar-refractivity contribution in [1.29, 1.82) is 0 Å². The Bertz CT molecular complexity index is 709. The standard InChI is InChI=1S/C18H19F3N2O3/c19-18(20,21)12-5-3-4-11(8-12)9-22-15(24)10-23-16(25)13-6-1-2-7-14(13)17(23)26/h3-5,8,13-14H,1-2,6-7,9-10H2,(H,22,24). The van der Waals surface area contributed by atoms with Gasteiger partial charge in [-0.05, 0) is 30.5 Å². The molecule has 2 aliphatic rings. The fraction of sp³-hybridized carbons (Fsp3) is 0.500. The van der Waals surface area contributed by atoms with E-state index in [1.54, 1.807) is 0 Å². The Kier molecular flexibility index (Phi) is 5.02. The van der Waals surface area contributed by atoms with E-state index >= 15 is 0 Å². The molecule has 1 saturated carbocycles. The zero-order chi connectivity index (χ0) is 18.9. The van der Waals surface area contributed by atoms with Crippen LogP contribution in [-0.2, 0) is 27.1 Å². The molecule has 2 atom stereocenters. The van der Waals surface area contributed by atoms with Gasteiger partial charge in [0.15, 0.2) is 0 Å². The number of carbonyl (C=O) groups is 3. The van der Waals surface area contributed by atoms with E-state index in [1.165, 1.54) is 12.1 Å². The van der Waals surface area contributed by atoms with E-state index in [0.29, 0.717) is 18.4 Å². The third-order valence-corrected chi connectivity index (χ3v) is 4.98. The summed E-state index contributed by atoms with van der Waals surface area (Å²) in [5.74, 6) is -1.84. The molecule has 2 fully saturated rings. The maximum absolute atomic E-state index is 12.7. The average molecular weight is 368 g/mol. The van der Waals surface area contributed by atoms with Crippen LogP contribution >= 0.6 is 0 Å². The first-order valence-electron chi connectivity index (χ1n) is 8.55. The van der Waals surface area contributed by atoms with E-state index in [-0.39, 0.29) is 36.7 Å². The summed E-state index contributed by atoms with van der Waals surface area (Å²) >= 11 is 0. The van der Waals surface area contributed by atoms with Crippen molar-refractivity contribution in [2.75, 3.05) is 6.54 Å². The smallest absolute Gasteiger partial charge is 0.350 e. The summed E-state index contributed by atoms with van der Waals surface area (Å²) < 4.78 is 38.1. The number of hydrogen-bond acceptors (Lipinski definition) is 3. The van der Waals surface area contributed by atoms with Gasteiger partial charge in [-0.25, -0.2) is 0 Å². The molecule has 0 radical (unpaired) electrons. The fourth-order valence-electron chi connectivity index (χ4n) is 3.64. The van der Waals surface area contributed by atoms with E-state index in [0.717, 1.165) is 29.9 Å². The molecule has 1 aromatic rings. The van der Waals surface area contributed by atoms with E-state index in [2.05, 4.69) is 5.32 Å². The molecule has 1 heterocycles. The summed E-state index contributed by atoms with van der Waals surface area (Å²) in [5.41, 5.74) is -0.501. The lowest BCUT2D eigenvalue weighted by Crippen LogP contribution is -2.40. The fourth-order valence-corrected chi connectivity index (χ4v) is 3.64. The predicted octanol–water partition coefficient (Wildman–Crippen LogP) is 2.50. The van der Waals surface area contributed by atoms with Crippen molar-refractivity contribution in [2.24, 2.45) is 11.8 Å². The molecule has 0 aromatic heterocycles. The molecule has 1 aromatic carbocycles. The topological polar surface area (TPSA) is 66.5 Å². The number of amides is 3. The van der Waals surface area contributed by atoms with Crippen LogP contribution in [0.3, 0.4) is 0 Å². The lowest BCUT2D eigenvalue weighted by atomic mass is 9.81. The van der Waals surface area contributed by atoms with Crippen LogP contribution in [0.2, 0.25) is 0 Å².